The highest BCUT2D eigenvalue weighted by Gasteiger charge is 2.24. The van der Waals surface area contributed by atoms with Crippen molar-refractivity contribution in [3.8, 4) is 11.5 Å². The number of anilines is 2. The molecule has 2 aliphatic heterocycles. The fraction of sp³-hybridized carbons (Fsp3) is 0.423. The lowest BCUT2D eigenvalue weighted by atomic mass is 10.1. The smallest absolute Gasteiger partial charge is 0.320 e. The Balaban J connectivity index is 1.40. The summed E-state index contributed by atoms with van der Waals surface area (Å²) in [7, 11) is 0. The summed E-state index contributed by atoms with van der Waals surface area (Å²) in [6, 6.07) is 8.02. The van der Waals surface area contributed by atoms with Crippen molar-refractivity contribution in [3.05, 3.63) is 47.5 Å². The maximum atomic E-state index is 13.6. The molecule has 2 atom stereocenters. The topological polar surface area (TPSA) is 95.0 Å². The van der Waals surface area contributed by atoms with Crippen LogP contribution in [0.4, 0.5) is 15.9 Å². The first-order valence-corrected chi connectivity index (χ1v) is 12.6. The monoisotopic (exact) mass is 530 g/mol. The number of fused-ring (bicyclic) bond motifs is 1. The minimum absolute atomic E-state index is 0.00804. The number of carbonyl (C=O) groups is 1. The van der Waals surface area contributed by atoms with Crippen LogP contribution in [0.3, 0.4) is 0 Å². The molecule has 1 aromatic heterocycles. The molecule has 9 nitrogen and oxygen atoms in total. The molecule has 0 amide bonds. The maximum absolute atomic E-state index is 13.6. The number of ether oxygens (including phenoxy) is 4. The van der Waals surface area contributed by atoms with E-state index in [0.717, 1.165) is 19.4 Å². The standard InChI is InChI=1S/C26H28ClFN4O5/c1-16-12-32(13-25(33)36-16)6-8-35-23-10-19-22(11-24(23)37-18-3-2-7-34-14-18)29-15-30-26(19)31-17-4-5-21(28)20(27)9-17/h4-5,9-11,15-16,18H,2-3,6-8,12-14H2,1H3,(H,29,30,31). The van der Waals surface area contributed by atoms with Gasteiger partial charge in [0.25, 0.3) is 0 Å². The van der Waals surface area contributed by atoms with Gasteiger partial charge in [-0.3, -0.25) is 9.69 Å². The van der Waals surface area contributed by atoms with Crippen LogP contribution in [0.1, 0.15) is 19.8 Å². The Labute approximate surface area is 218 Å². The van der Waals surface area contributed by atoms with E-state index < -0.39 is 5.82 Å². The molecule has 3 heterocycles. The number of hydrogen-bond acceptors (Lipinski definition) is 9. The summed E-state index contributed by atoms with van der Waals surface area (Å²) in [5.41, 5.74) is 1.23. The lowest BCUT2D eigenvalue weighted by Crippen LogP contribution is -2.45. The second-order valence-corrected chi connectivity index (χ2v) is 9.54. The number of benzene rings is 2. The third kappa shape index (κ3) is 6.38. The van der Waals surface area contributed by atoms with Gasteiger partial charge in [0.15, 0.2) is 11.5 Å². The molecule has 1 N–H and O–H groups in total. The number of rotatable bonds is 8. The molecule has 0 spiro atoms. The van der Waals surface area contributed by atoms with Gasteiger partial charge < -0.3 is 24.3 Å². The molecule has 2 aromatic carbocycles. The van der Waals surface area contributed by atoms with Crippen molar-refractivity contribution < 1.29 is 28.1 Å². The number of nitrogens with one attached hydrogen (secondary N) is 1. The first-order valence-electron chi connectivity index (χ1n) is 12.2. The van der Waals surface area contributed by atoms with Crippen molar-refractivity contribution in [2.75, 3.05) is 44.8 Å². The summed E-state index contributed by atoms with van der Waals surface area (Å²) in [6.45, 7) is 4.88. The Morgan fingerprint density at radius 3 is 2.92 bits per heavy atom. The molecule has 0 aliphatic carbocycles. The molecule has 2 aliphatic rings. The van der Waals surface area contributed by atoms with Crippen LogP contribution < -0.4 is 14.8 Å². The van der Waals surface area contributed by atoms with Crippen molar-refractivity contribution in [2.24, 2.45) is 0 Å². The van der Waals surface area contributed by atoms with Gasteiger partial charge in [0.05, 0.1) is 23.7 Å². The van der Waals surface area contributed by atoms with E-state index in [9.17, 15) is 9.18 Å². The van der Waals surface area contributed by atoms with E-state index in [0.29, 0.717) is 60.2 Å². The predicted molar refractivity (Wildman–Crippen MR) is 136 cm³/mol. The minimum atomic E-state index is -0.500. The first kappa shape index (κ1) is 25.4. The van der Waals surface area contributed by atoms with Crippen LogP contribution in [-0.4, -0.2) is 72.5 Å². The third-order valence-corrected chi connectivity index (χ3v) is 6.45. The molecule has 2 saturated heterocycles. The molecule has 0 saturated carbocycles. The summed E-state index contributed by atoms with van der Waals surface area (Å²) in [4.78, 5) is 22.6. The molecule has 0 radical (unpaired) electrons. The quantitative estimate of drug-likeness (QED) is 0.426. The van der Waals surface area contributed by atoms with Crippen LogP contribution in [0, 0.1) is 5.82 Å². The molecule has 0 bridgehead atoms. The maximum Gasteiger partial charge on any atom is 0.320 e. The third-order valence-electron chi connectivity index (χ3n) is 6.16. The second kappa shape index (κ2) is 11.5. The van der Waals surface area contributed by atoms with E-state index in [1.165, 1.54) is 18.5 Å². The molecule has 11 heteroatoms. The number of halogens is 2. The molecule has 37 heavy (non-hydrogen) atoms. The lowest BCUT2D eigenvalue weighted by molar-refractivity contribution is -0.157. The van der Waals surface area contributed by atoms with E-state index >= 15 is 0 Å². The fourth-order valence-corrected chi connectivity index (χ4v) is 4.61. The average Bonchev–Trinajstić information content (AvgIpc) is 2.87. The highest BCUT2D eigenvalue weighted by atomic mass is 35.5. The highest BCUT2D eigenvalue weighted by Crippen LogP contribution is 2.36. The Morgan fingerprint density at radius 1 is 1.24 bits per heavy atom. The zero-order valence-electron chi connectivity index (χ0n) is 20.4. The largest absolute Gasteiger partial charge is 0.488 e. The predicted octanol–water partition coefficient (Wildman–Crippen LogP) is 4.35. The van der Waals surface area contributed by atoms with Crippen LogP contribution in [0.2, 0.25) is 5.02 Å². The molecule has 196 valence electrons. The number of esters is 1. The van der Waals surface area contributed by atoms with E-state index in [4.69, 9.17) is 30.5 Å². The van der Waals surface area contributed by atoms with E-state index in [2.05, 4.69) is 15.3 Å². The number of nitrogens with zero attached hydrogens (tertiary/aromatic N) is 3. The lowest BCUT2D eigenvalue weighted by Gasteiger charge is -2.30. The molecular weight excluding hydrogens is 503 g/mol. The van der Waals surface area contributed by atoms with Crippen LogP contribution in [-0.2, 0) is 14.3 Å². The van der Waals surface area contributed by atoms with Gasteiger partial charge in [0.1, 0.15) is 36.8 Å². The normalized spacial score (nSPS) is 20.5. The minimum Gasteiger partial charge on any atom is -0.488 e. The number of hydrogen-bond donors (Lipinski definition) is 1. The Bertz CT molecular complexity index is 1270. The Kier molecular flexibility index (Phi) is 7.87. The molecule has 3 aromatic rings. The number of aromatic nitrogens is 2. The van der Waals surface area contributed by atoms with Gasteiger partial charge >= 0.3 is 5.97 Å². The average molecular weight is 531 g/mol. The fourth-order valence-electron chi connectivity index (χ4n) is 4.43. The van der Waals surface area contributed by atoms with Crippen LogP contribution in [0.25, 0.3) is 10.9 Å². The number of cyclic esters (lactones) is 1. The van der Waals surface area contributed by atoms with E-state index in [1.54, 1.807) is 6.07 Å². The Morgan fingerprint density at radius 2 is 2.14 bits per heavy atom. The van der Waals surface area contributed by atoms with Gasteiger partial charge in [0.2, 0.25) is 0 Å². The van der Waals surface area contributed by atoms with Crippen molar-refractivity contribution in [1.29, 1.82) is 0 Å². The van der Waals surface area contributed by atoms with E-state index in [1.807, 2.05) is 24.0 Å². The van der Waals surface area contributed by atoms with Gasteiger partial charge in [-0.1, -0.05) is 11.6 Å². The van der Waals surface area contributed by atoms with Crippen LogP contribution in [0.15, 0.2) is 36.7 Å². The van der Waals surface area contributed by atoms with Gasteiger partial charge in [-0.2, -0.15) is 0 Å². The molecule has 2 unspecified atom stereocenters. The van der Waals surface area contributed by atoms with E-state index in [-0.39, 0.29) is 29.7 Å². The van der Waals surface area contributed by atoms with Crippen molar-refractivity contribution >= 4 is 40.0 Å². The summed E-state index contributed by atoms with van der Waals surface area (Å²) >= 11 is 5.95. The second-order valence-electron chi connectivity index (χ2n) is 9.13. The summed E-state index contributed by atoms with van der Waals surface area (Å²) < 4.78 is 36.9. The number of morpholine rings is 1. The zero-order valence-corrected chi connectivity index (χ0v) is 21.2. The number of carbonyl (C=O) groups excluding carboxylic acids is 1. The van der Waals surface area contributed by atoms with Crippen molar-refractivity contribution in [2.45, 2.75) is 32.0 Å². The Hall–Kier alpha value is -3.21. The SMILES string of the molecule is CC1CN(CCOc2cc3c(Nc4ccc(F)c(Cl)c4)ncnc3cc2OC2CCCOC2)CC(=O)O1. The van der Waals surface area contributed by atoms with Crippen LogP contribution >= 0.6 is 11.6 Å². The summed E-state index contributed by atoms with van der Waals surface area (Å²) in [5.74, 6) is 0.863. The highest BCUT2D eigenvalue weighted by molar-refractivity contribution is 6.31. The van der Waals surface area contributed by atoms with Crippen molar-refractivity contribution in [1.82, 2.24) is 14.9 Å². The molecule has 5 rings (SSSR count). The molecule has 2 fully saturated rings. The summed E-state index contributed by atoms with van der Waals surface area (Å²) in [6.07, 6.45) is 3.01. The zero-order chi connectivity index (χ0) is 25.8. The van der Waals surface area contributed by atoms with Gasteiger partial charge in [-0.15, -0.1) is 0 Å². The van der Waals surface area contributed by atoms with Crippen LogP contribution in [0.5, 0.6) is 11.5 Å². The first-order chi connectivity index (χ1) is 17.9. The van der Waals surface area contributed by atoms with Gasteiger partial charge in [0, 0.05) is 36.8 Å². The van der Waals surface area contributed by atoms with Crippen molar-refractivity contribution in [3.63, 3.8) is 0 Å². The molecular formula is C26H28ClFN4O5. The van der Waals surface area contributed by atoms with Gasteiger partial charge in [-0.05, 0) is 44.0 Å². The summed E-state index contributed by atoms with van der Waals surface area (Å²) in [5, 5.41) is 3.89. The van der Waals surface area contributed by atoms with Gasteiger partial charge in [-0.25, -0.2) is 14.4 Å².